The number of nitrogens with one attached hydrogen (secondary N) is 1. The number of thiazole rings is 1. The summed E-state index contributed by atoms with van der Waals surface area (Å²) in [5, 5.41) is 14.2. The van der Waals surface area contributed by atoms with Gasteiger partial charge in [-0.05, 0) is 30.3 Å². The van der Waals surface area contributed by atoms with Crippen LogP contribution in [0, 0.1) is 5.82 Å². The van der Waals surface area contributed by atoms with E-state index < -0.39 is 5.82 Å². The molecule has 0 aliphatic carbocycles. The lowest BCUT2D eigenvalue weighted by atomic mass is 10.2. The summed E-state index contributed by atoms with van der Waals surface area (Å²) in [6.07, 6.45) is 0. The van der Waals surface area contributed by atoms with Crippen molar-refractivity contribution in [2.75, 3.05) is 11.1 Å². The number of carbonyl (C=O) groups is 1. The highest BCUT2D eigenvalue weighted by Crippen LogP contribution is 2.27. The number of rotatable bonds is 8. The van der Waals surface area contributed by atoms with Gasteiger partial charge >= 0.3 is 0 Å². The van der Waals surface area contributed by atoms with Crippen LogP contribution in [0.15, 0.2) is 57.5 Å². The van der Waals surface area contributed by atoms with Crippen molar-refractivity contribution in [1.82, 2.24) is 19.7 Å². The molecule has 0 saturated carbocycles. The van der Waals surface area contributed by atoms with Crippen molar-refractivity contribution >= 4 is 61.7 Å². The summed E-state index contributed by atoms with van der Waals surface area (Å²) in [5.41, 5.74) is 1.77. The number of thioether (sulfide) groups is 1. The van der Waals surface area contributed by atoms with Crippen molar-refractivity contribution in [2.24, 2.45) is 7.05 Å². The first-order valence-corrected chi connectivity index (χ1v) is 12.5. The predicted molar refractivity (Wildman–Crippen MR) is 131 cm³/mol. The fourth-order valence-electron chi connectivity index (χ4n) is 2.70. The molecular formula is C21H16BrClFN5O2S2. The quantitative estimate of drug-likeness (QED) is 0.271. The summed E-state index contributed by atoms with van der Waals surface area (Å²) in [4.78, 5) is 16.8. The van der Waals surface area contributed by atoms with Crippen molar-refractivity contribution in [2.45, 2.75) is 11.8 Å². The third-order valence-corrected chi connectivity index (χ3v) is 7.00. The molecule has 1 N–H and O–H groups in total. The predicted octanol–water partition coefficient (Wildman–Crippen LogP) is 5.80. The molecular weight excluding hydrogens is 553 g/mol. The maximum Gasteiger partial charge on any atom is 0.236 e. The third kappa shape index (κ3) is 6.11. The van der Waals surface area contributed by atoms with Crippen molar-refractivity contribution < 1.29 is 13.9 Å². The Kier molecular flexibility index (Phi) is 7.63. The zero-order chi connectivity index (χ0) is 23.4. The van der Waals surface area contributed by atoms with Gasteiger partial charge in [0.2, 0.25) is 5.91 Å². The molecule has 170 valence electrons. The van der Waals surface area contributed by atoms with Gasteiger partial charge in [-0.1, -0.05) is 51.4 Å². The molecule has 0 unspecified atom stereocenters. The third-order valence-electron chi connectivity index (χ3n) is 4.40. The molecule has 4 rings (SSSR count). The number of aromatic nitrogens is 4. The topological polar surface area (TPSA) is 81.9 Å². The van der Waals surface area contributed by atoms with E-state index in [4.69, 9.17) is 16.3 Å². The Hall–Kier alpha value is -2.47. The summed E-state index contributed by atoms with van der Waals surface area (Å²) >= 11 is 12.0. The van der Waals surface area contributed by atoms with Gasteiger partial charge in [0.05, 0.1) is 16.5 Å². The Morgan fingerprint density at radius 2 is 2.06 bits per heavy atom. The number of ether oxygens (including phenoxy) is 1. The molecule has 12 heteroatoms. The van der Waals surface area contributed by atoms with Crippen molar-refractivity contribution in [3.05, 3.63) is 69.0 Å². The smallest absolute Gasteiger partial charge is 0.236 e. The van der Waals surface area contributed by atoms with E-state index in [9.17, 15) is 9.18 Å². The van der Waals surface area contributed by atoms with Gasteiger partial charge in [-0.25, -0.2) is 9.37 Å². The summed E-state index contributed by atoms with van der Waals surface area (Å²) in [6, 6.07) is 11.7. The maximum atomic E-state index is 13.2. The molecule has 0 saturated heterocycles. The van der Waals surface area contributed by atoms with Crippen LogP contribution in [0.4, 0.5) is 9.52 Å². The molecule has 0 bridgehead atoms. The van der Waals surface area contributed by atoms with Crippen LogP contribution < -0.4 is 10.1 Å². The number of halogens is 3. The Morgan fingerprint density at radius 1 is 1.27 bits per heavy atom. The van der Waals surface area contributed by atoms with Crippen LogP contribution in [0.1, 0.15) is 5.82 Å². The second-order valence-corrected chi connectivity index (χ2v) is 9.83. The van der Waals surface area contributed by atoms with E-state index in [1.54, 1.807) is 11.6 Å². The van der Waals surface area contributed by atoms with Crippen LogP contribution in [-0.2, 0) is 18.4 Å². The summed E-state index contributed by atoms with van der Waals surface area (Å²) in [5.74, 6) is 0.392. The second-order valence-electron chi connectivity index (χ2n) is 6.70. The lowest BCUT2D eigenvalue weighted by Crippen LogP contribution is -2.14. The molecule has 2 aromatic heterocycles. The molecule has 0 aliphatic heterocycles. The summed E-state index contributed by atoms with van der Waals surface area (Å²) < 4.78 is 21.5. The Bertz CT molecular complexity index is 1280. The van der Waals surface area contributed by atoms with Crippen LogP contribution in [0.5, 0.6) is 5.75 Å². The van der Waals surface area contributed by atoms with E-state index in [1.165, 1.54) is 41.3 Å². The minimum absolute atomic E-state index is 0.0968. The van der Waals surface area contributed by atoms with E-state index in [0.29, 0.717) is 21.9 Å². The standard InChI is InChI=1S/C21H16BrClFN5O2S2/c1-29-18(9-31-17-7-6-14(24)8-15(17)23)27-28-21(29)33-11-19(30)26-20-25-16(10-32-20)12-2-4-13(22)5-3-12/h2-8,10H,9,11H2,1H3,(H,25,26,30). The summed E-state index contributed by atoms with van der Waals surface area (Å²) in [7, 11) is 1.77. The highest BCUT2D eigenvalue weighted by molar-refractivity contribution is 9.10. The number of hydrogen-bond acceptors (Lipinski definition) is 7. The van der Waals surface area contributed by atoms with Crippen molar-refractivity contribution in [3.8, 4) is 17.0 Å². The van der Waals surface area contributed by atoms with Gasteiger partial charge in [0.15, 0.2) is 16.1 Å². The lowest BCUT2D eigenvalue weighted by molar-refractivity contribution is -0.113. The van der Waals surface area contributed by atoms with Gasteiger partial charge in [0.25, 0.3) is 0 Å². The normalized spacial score (nSPS) is 10.9. The fourth-order valence-corrected chi connectivity index (χ4v) is 4.65. The Labute approximate surface area is 210 Å². The second kappa shape index (κ2) is 10.6. The molecule has 2 aromatic carbocycles. The fraction of sp³-hybridized carbons (Fsp3) is 0.143. The van der Waals surface area contributed by atoms with E-state index >= 15 is 0 Å². The van der Waals surface area contributed by atoms with Gasteiger partial charge in [0.1, 0.15) is 18.2 Å². The van der Waals surface area contributed by atoms with E-state index in [-0.39, 0.29) is 23.3 Å². The van der Waals surface area contributed by atoms with Crippen molar-refractivity contribution in [1.29, 1.82) is 0 Å². The van der Waals surface area contributed by atoms with Crippen LogP contribution in [0.2, 0.25) is 5.02 Å². The molecule has 1 amide bonds. The maximum absolute atomic E-state index is 13.2. The molecule has 2 heterocycles. The first-order valence-electron chi connectivity index (χ1n) is 9.49. The van der Waals surface area contributed by atoms with E-state index in [0.717, 1.165) is 15.7 Å². The number of benzene rings is 2. The molecule has 0 atom stereocenters. The Balaban J connectivity index is 1.30. The highest BCUT2D eigenvalue weighted by Gasteiger charge is 2.14. The minimum atomic E-state index is -0.440. The molecule has 0 radical (unpaired) electrons. The van der Waals surface area contributed by atoms with Gasteiger partial charge < -0.3 is 14.6 Å². The van der Waals surface area contributed by atoms with Gasteiger partial charge in [-0.3, -0.25) is 4.79 Å². The molecule has 7 nitrogen and oxygen atoms in total. The average Bonchev–Trinajstić information content (AvgIpc) is 3.39. The van der Waals surface area contributed by atoms with Gasteiger partial charge in [-0.15, -0.1) is 21.5 Å². The molecule has 0 spiro atoms. The Morgan fingerprint density at radius 3 is 2.82 bits per heavy atom. The van der Waals surface area contributed by atoms with E-state index in [2.05, 4.69) is 36.4 Å². The van der Waals surface area contributed by atoms with Gasteiger partial charge in [0, 0.05) is 22.5 Å². The largest absolute Gasteiger partial charge is 0.484 e. The first kappa shape index (κ1) is 23.7. The number of amides is 1. The van der Waals surface area contributed by atoms with Gasteiger partial charge in [-0.2, -0.15) is 0 Å². The van der Waals surface area contributed by atoms with Crippen LogP contribution in [0.3, 0.4) is 0 Å². The average molecular weight is 569 g/mol. The minimum Gasteiger partial charge on any atom is -0.484 e. The lowest BCUT2D eigenvalue weighted by Gasteiger charge is -2.08. The summed E-state index contributed by atoms with van der Waals surface area (Å²) in [6.45, 7) is 0.0968. The zero-order valence-corrected chi connectivity index (χ0v) is 21.1. The number of anilines is 1. The van der Waals surface area contributed by atoms with Crippen LogP contribution in [0.25, 0.3) is 11.3 Å². The first-order chi connectivity index (χ1) is 15.9. The molecule has 0 fully saturated rings. The number of nitrogens with zero attached hydrogens (tertiary/aromatic N) is 4. The molecule has 4 aromatic rings. The SMILES string of the molecule is Cn1c(COc2ccc(F)cc2Cl)nnc1SCC(=O)Nc1nc(-c2ccc(Br)cc2)cs1. The number of hydrogen-bond donors (Lipinski definition) is 1. The van der Waals surface area contributed by atoms with Crippen molar-refractivity contribution in [3.63, 3.8) is 0 Å². The van der Waals surface area contributed by atoms with E-state index in [1.807, 2.05) is 29.6 Å². The van der Waals surface area contributed by atoms with Crippen LogP contribution >= 0.6 is 50.6 Å². The monoisotopic (exact) mass is 567 g/mol. The molecule has 33 heavy (non-hydrogen) atoms. The van der Waals surface area contributed by atoms with Crippen LogP contribution in [-0.4, -0.2) is 31.4 Å². The zero-order valence-electron chi connectivity index (χ0n) is 17.1. The highest BCUT2D eigenvalue weighted by atomic mass is 79.9. The molecule has 0 aliphatic rings. The number of carbonyl (C=O) groups excluding carboxylic acids is 1.